The van der Waals surface area contributed by atoms with Gasteiger partial charge in [-0.05, 0) is 46.6 Å². The minimum absolute atomic E-state index is 0.0222. The molecule has 27 heavy (non-hydrogen) atoms. The number of hydrogen-bond donors (Lipinski definition) is 2. The predicted molar refractivity (Wildman–Crippen MR) is 99.2 cm³/mol. The van der Waals surface area contributed by atoms with Crippen LogP contribution in [0.2, 0.25) is 0 Å². The van der Waals surface area contributed by atoms with Gasteiger partial charge in [0.25, 0.3) is 0 Å². The van der Waals surface area contributed by atoms with Gasteiger partial charge in [-0.15, -0.1) is 0 Å². The van der Waals surface area contributed by atoms with Crippen LogP contribution in [0.25, 0.3) is 5.65 Å². The molecule has 1 atom stereocenters. The number of aromatic nitrogens is 3. The lowest BCUT2D eigenvalue weighted by atomic mass is 9.95. The minimum atomic E-state index is -0.908. The lowest BCUT2D eigenvalue weighted by Crippen LogP contribution is -2.38. The lowest BCUT2D eigenvalue weighted by molar-refractivity contribution is 0.0636. The number of aryl methyl sites for hydroxylation is 1. The number of rotatable bonds is 2. The van der Waals surface area contributed by atoms with Crippen molar-refractivity contribution >= 4 is 23.5 Å². The van der Waals surface area contributed by atoms with E-state index >= 15 is 0 Å². The number of carbonyl (C=O) groups is 2. The third kappa shape index (κ3) is 4.12. The summed E-state index contributed by atoms with van der Waals surface area (Å²) in [6, 6.07) is 1.85. The molecule has 3 rings (SSSR count). The van der Waals surface area contributed by atoms with Gasteiger partial charge < -0.3 is 14.7 Å². The van der Waals surface area contributed by atoms with Crippen molar-refractivity contribution in [1.82, 2.24) is 19.5 Å². The fourth-order valence-electron chi connectivity index (χ4n) is 3.32. The number of nitrogens with zero attached hydrogens (tertiary/aromatic N) is 4. The van der Waals surface area contributed by atoms with Crippen molar-refractivity contribution < 1.29 is 19.4 Å². The molecule has 0 bridgehead atoms. The van der Waals surface area contributed by atoms with E-state index in [0.29, 0.717) is 30.1 Å². The van der Waals surface area contributed by atoms with Crippen LogP contribution >= 0.6 is 0 Å². The highest BCUT2D eigenvalue weighted by molar-refractivity contribution is 5.90. The Kier molecular flexibility index (Phi) is 4.95. The second-order valence-electron chi connectivity index (χ2n) is 7.76. The first kappa shape index (κ1) is 18.9. The van der Waals surface area contributed by atoms with Crippen LogP contribution in [-0.4, -0.2) is 55.5 Å². The van der Waals surface area contributed by atoms with E-state index in [1.165, 1.54) is 4.90 Å². The van der Waals surface area contributed by atoms with Gasteiger partial charge in [-0.1, -0.05) is 0 Å². The molecule has 2 aromatic rings. The van der Waals surface area contributed by atoms with Crippen LogP contribution in [0.15, 0.2) is 12.3 Å². The quantitative estimate of drug-likeness (QED) is 0.834. The van der Waals surface area contributed by atoms with E-state index in [9.17, 15) is 14.7 Å². The highest BCUT2D eigenvalue weighted by atomic mass is 16.6. The molecule has 0 aromatic carbocycles. The number of hydrogen-bond acceptors (Lipinski definition) is 5. The first-order chi connectivity index (χ1) is 12.7. The number of piperidine rings is 1. The maximum atomic E-state index is 12.2. The predicted octanol–water partition coefficient (Wildman–Crippen LogP) is 3.24. The third-order valence-electron chi connectivity index (χ3n) is 4.46. The van der Waals surface area contributed by atoms with Gasteiger partial charge in [0, 0.05) is 25.2 Å². The van der Waals surface area contributed by atoms with Crippen LogP contribution in [0.4, 0.5) is 15.3 Å². The average Bonchev–Trinajstić information content (AvgIpc) is 2.89. The van der Waals surface area contributed by atoms with E-state index < -0.39 is 17.8 Å². The summed E-state index contributed by atoms with van der Waals surface area (Å²) >= 11 is 0. The molecule has 1 saturated heterocycles. The van der Waals surface area contributed by atoms with Gasteiger partial charge in [0.1, 0.15) is 11.3 Å². The van der Waals surface area contributed by atoms with Gasteiger partial charge in [-0.2, -0.15) is 5.10 Å². The van der Waals surface area contributed by atoms with Crippen LogP contribution in [0, 0.1) is 6.92 Å². The zero-order valence-electron chi connectivity index (χ0n) is 16.0. The Morgan fingerprint density at radius 1 is 1.37 bits per heavy atom. The van der Waals surface area contributed by atoms with Crippen LogP contribution in [0.3, 0.4) is 0 Å². The van der Waals surface area contributed by atoms with Crippen molar-refractivity contribution in [2.24, 2.45) is 0 Å². The maximum Gasteiger partial charge on any atom is 0.412 e. The number of amides is 2. The number of carboxylic acid groups (broad SMARTS) is 1. The van der Waals surface area contributed by atoms with Crippen molar-refractivity contribution in [2.75, 3.05) is 18.4 Å². The number of likely N-dealkylation sites (tertiary alicyclic amines) is 1. The molecule has 9 nitrogen and oxygen atoms in total. The minimum Gasteiger partial charge on any atom is -0.465 e. The summed E-state index contributed by atoms with van der Waals surface area (Å²) in [6.07, 6.45) is 1.85. The molecule has 2 amide bonds. The molecule has 0 radical (unpaired) electrons. The lowest BCUT2D eigenvalue weighted by Gasteiger charge is -2.30. The average molecular weight is 375 g/mol. The van der Waals surface area contributed by atoms with E-state index in [4.69, 9.17) is 4.74 Å². The second-order valence-corrected chi connectivity index (χ2v) is 7.76. The van der Waals surface area contributed by atoms with Gasteiger partial charge in [0.2, 0.25) is 0 Å². The zero-order chi connectivity index (χ0) is 19.8. The molecule has 3 heterocycles. The Morgan fingerprint density at radius 2 is 2.11 bits per heavy atom. The van der Waals surface area contributed by atoms with E-state index in [1.54, 1.807) is 38.4 Å². The van der Waals surface area contributed by atoms with Crippen LogP contribution in [-0.2, 0) is 4.74 Å². The number of nitrogens with one attached hydrogen (secondary N) is 1. The fourth-order valence-corrected chi connectivity index (χ4v) is 3.32. The van der Waals surface area contributed by atoms with E-state index in [2.05, 4.69) is 15.4 Å². The van der Waals surface area contributed by atoms with Gasteiger partial charge in [-0.3, -0.25) is 5.32 Å². The molecule has 146 valence electrons. The third-order valence-corrected chi connectivity index (χ3v) is 4.46. The molecule has 0 saturated carbocycles. The van der Waals surface area contributed by atoms with E-state index in [1.807, 2.05) is 6.07 Å². The van der Waals surface area contributed by atoms with Crippen LogP contribution < -0.4 is 5.32 Å². The second kappa shape index (κ2) is 7.05. The van der Waals surface area contributed by atoms with Gasteiger partial charge in [0.05, 0.1) is 11.4 Å². The van der Waals surface area contributed by atoms with Gasteiger partial charge >= 0.3 is 12.2 Å². The summed E-state index contributed by atoms with van der Waals surface area (Å²) in [4.78, 5) is 29.3. The molecule has 1 fully saturated rings. The highest BCUT2D eigenvalue weighted by Crippen LogP contribution is 2.29. The number of carbonyl (C=O) groups excluding carboxylic acids is 1. The normalized spacial score (nSPS) is 17.8. The molecule has 0 spiro atoms. The Hall–Kier alpha value is -2.84. The van der Waals surface area contributed by atoms with Crippen molar-refractivity contribution in [2.45, 2.75) is 52.1 Å². The number of ether oxygens (including phenoxy) is 1. The van der Waals surface area contributed by atoms with Crippen molar-refractivity contribution in [3.8, 4) is 0 Å². The summed E-state index contributed by atoms with van der Waals surface area (Å²) in [6.45, 7) is 8.14. The number of anilines is 1. The summed E-state index contributed by atoms with van der Waals surface area (Å²) in [5, 5.41) is 16.5. The molecule has 0 aliphatic carbocycles. The largest absolute Gasteiger partial charge is 0.465 e. The smallest absolute Gasteiger partial charge is 0.412 e. The Bertz CT molecular complexity index is 870. The van der Waals surface area contributed by atoms with Gasteiger partial charge in [-0.25, -0.2) is 19.1 Å². The Morgan fingerprint density at radius 3 is 2.78 bits per heavy atom. The molecular weight excluding hydrogens is 350 g/mol. The molecule has 1 aliphatic heterocycles. The summed E-state index contributed by atoms with van der Waals surface area (Å²) < 4.78 is 7.01. The molecular formula is C18H25N5O4. The molecule has 1 unspecified atom stereocenters. The fraction of sp³-hybridized carbons (Fsp3) is 0.556. The Labute approximate surface area is 157 Å². The summed E-state index contributed by atoms with van der Waals surface area (Å²) in [5.74, 6) is 0.0222. The summed E-state index contributed by atoms with van der Waals surface area (Å²) in [7, 11) is 0. The topological polar surface area (TPSA) is 109 Å². The molecule has 1 aliphatic rings. The summed E-state index contributed by atoms with van der Waals surface area (Å²) in [5.41, 5.74) is 1.90. The zero-order valence-corrected chi connectivity index (χ0v) is 16.0. The Balaban J connectivity index is 1.92. The first-order valence-electron chi connectivity index (χ1n) is 8.98. The van der Waals surface area contributed by atoms with E-state index in [-0.39, 0.29) is 5.92 Å². The maximum absolute atomic E-state index is 12.2. The van der Waals surface area contributed by atoms with Gasteiger partial charge in [0.15, 0.2) is 5.65 Å². The van der Waals surface area contributed by atoms with Crippen molar-refractivity contribution in [3.63, 3.8) is 0 Å². The molecule has 2 aromatic heterocycles. The standard InChI is InChI=1S/C18H25N5O4/c1-11-14(20-16(24)27-18(2,3)4)15-19-8-7-13(23(15)21-11)12-6-5-9-22(10-12)17(25)26/h7-8,12H,5-6,9-10H2,1-4H3,(H,20,24)(H,25,26). The van der Waals surface area contributed by atoms with Crippen LogP contribution in [0.5, 0.6) is 0 Å². The van der Waals surface area contributed by atoms with Crippen molar-refractivity contribution in [1.29, 1.82) is 0 Å². The monoisotopic (exact) mass is 375 g/mol. The highest BCUT2D eigenvalue weighted by Gasteiger charge is 2.27. The number of fused-ring (bicyclic) bond motifs is 1. The van der Waals surface area contributed by atoms with Crippen molar-refractivity contribution in [3.05, 3.63) is 23.7 Å². The molecule has 2 N–H and O–H groups in total. The van der Waals surface area contributed by atoms with E-state index in [0.717, 1.165) is 18.5 Å². The molecule has 9 heteroatoms. The van der Waals surface area contributed by atoms with Crippen LogP contribution in [0.1, 0.15) is 50.9 Å². The SMILES string of the molecule is Cc1nn2c(C3CCCN(C(=O)O)C3)ccnc2c1NC(=O)OC(C)(C)C. The first-order valence-corrected chi connectivity index (χ1v) is 8.98.